The Bertz CT molecular complexity index is 2590. The summed E-state index contributed by atoms with van der Waals surface area (Å²) >= 11 is 0. The van der Waals surface area contributed by atoms with Crippen molar-refractivity contribution < 1.29 is 0 Å². The highest BCUT2D eigenvalue weighted by Gasteiger charge is 2.47. The van der Waals surface area contributed by atoms with Crippen LogP contribution in [-0.4, -0.2) is 0 Å². The fourth-order valence-electron chi connectivity index (χ4n) is 9.51. The average Bonchev–Trinajstić information content (AvgIpc) is 3.20. The fourth-order valence-corrected chi connectivity index (χ4v) is 9.51. The Kier molecular flexibility index (Phi) is 7.93. The van der Waals surface area contributed by atoms with E-state index in [2.05, 4.69) is 224 Å². The molecule has 2 aliphatic rings. The number of rotatable bonds is 5. The Morgan fingerprint density at radius 3 is 1.27 bits per heavy atom. The maximum atomic E-state index is 2.45. The van der Waals surface area contributed by atoms with E-state index in [9.17, 15) is 0 Å². The van der Waals surface area contributed by atoms with Crippen molar-refractivity contribution in [3.63, 3.8) is 0 Å². The lowest BCUT2D eigenvalue weighted by Crippen LogP contribution is -2.43. The van der Waals surface area contributed by atoms with Gasteiger partial charge in [-0.15, -0.1) is 0 Å². The van der Waals surface area contributed by atoms with Crippen LogP contribution in [0.3, 0.4) is 0 Å². The zero-order valence-electron chi connectivity index (χ0n) is 33.5. The second-order valence-electron chi connectivity index (χ2n) is 17.9. The first-order valence-electron chi connectivity index (χ1n) is 19.9. The molecule has 0 radical (unpaired) electrons. The van der Waals surface area contributed by atoms with Gasteiger partial charge in [0.25, 0.3) is 0 Å². The van der Waals surface area contributed by atoms with Crippen molar-refractivity contribution in [2.75, 3.05) is 4.90 Å². The fraction of sp³-hybridized carbons (Fsp3) is 0.222. The number of fused-ring (bicyclic) bond motifs is 6. The van der Waals surface area contributed by atoms with Crippen molar-refractivity contribution in [3.8, 4) is 44.5 Å². The van der Waals surface area contributed by atoms with Crippen LogP contribution in [-0.2, 0) is 21.7 Å². The van der Waals surface area contributed by atoms with Gasteiger partial charge >= 0.3 is 0 Å². The molecule has 0 N–H and O–H groups in total. The minimum absolute atomic E-state index is 0.00493. The predicted molar refractivity (Wildman–Crippen MR) is 235 cm³/mol. The van der Waals surface area contributed by atoms with Gasteiger partial charge in [0.05, 0.1) is 0 Å². The molecule has 0 aromatic heterocycles. The maximum absolute atomic E-state index is 2.45. The molecule has 0 amide bonds. The largest absolute Gasteiger partial charge is 0.310 e. The Hall–Kier alpha value is -5.66. The Morgan fingerprint density at radius 1 is 0.273 bits per heavy atom. The van der Waals surface area contributed by atoms with Crippen LogP contribution in [0, 0.1) is 0 Å². The quantitative estimate of drug-likeness (QED) is 0.172. The minimum atomic E-state index is -0.0526. The van der Waals surface area contributed by atoms with E-state index in [1.54, 1.807) is 0 Å². The summed E-state index contributed by atoms with van der Waals surface area (Å²) in [6, 6.07) is 61.1. The van der Waals surface area contributed by atoms with E-state index in [1.165, 1.54) is 66.8 Å². The molecule has 272 valence electrons. The third kappa shape index (κ3) is 5.27. The third-order valence-electron chi connectivity index (χ3n) is 14.2. The molecule has 2 aliphatic carbocycles. The highest BCUT2D eigenvalue weighted by Crippen LogP contribution is 2.56. The number of benzene rings is 7. The Balaban J connectivity index is 1.19. The highest BCUT2D eigenvalue weighted by molar-refractivity contribution is 5.88. The first-order chi connectivity index (χ1) is 26.3. The highest BCUT2D eigenvalue weighted by atomic mass is 15.1. The molecule has 0 saturated heterocycles. The molecule has 0 spiro atoms. The maximum Gasteiger partial charge on any atom is 0.0468 e. The molecule has 1 heteroatoms. The minimum Gasteiger partial charge on any atom is -0.310 e. The standard InChI is InChI=1S/C54H51N/c1-51(2)47-25-16-15-24-43(47)46-35-42(28-31-50(46)54(51,7)8)55(40-21-13-10-14-22-40)41-23-17-20-37(32-41)39-27-30-49-45(34-39)44-33-38(36-18-11-9-12-19-36)26-29-48(44)52(3,4)53(49,5)6/h9-35H,1-8H3. The van der Waals surface area contributed by atoms with Crippen LogP contribution in [0.1, 0.15) is 77.6 Å². The zero-order chi connectivity index (χ0) is 38.3. The summed E-state index contributed by atoms with van der Waals surface area (Å²) in [5, 5.41) is 0. The van der Waals surface area contributed by atoms with Gasteiger partial charge in [0.1, 0.15) is 0 Å². The van der Waals surface area contributed by atoms with Crippen LogP contribution in [0.4, 0.5) is 17.1 Å². The summed E-state index contributed by atoms with van der Waals surface area (Å²) in [4.78, 5) is 2.42. The van der Waals surface area contributed by atoms with E-state index in [0.717, 1.165) is 17.1 Å². The van der Waals surface area contributed by atoms with E-state index >= 15 is 0 Å². The molecule has 1 nitrogen and oxygen atoms in total. The molecule has 0 fully saturated rings. The molecule has 0 atom stereocenters. The number of nitrogens with zero attached hydrogens (tertiary/aromatic N) is 1. The molecule has 0 unspecified atom stereocenters. The van der Waals surface area contributed by atoms with Gasteiger partial charge in [-0.2, -0.15) is 0 Å². The van der Waals surface area contributed by atoms with Crippen molar-refractivity contribution in [2.45, 2.75) is 77.0 Å². The smallest absolute Gasteiger partial charge is 0.0468 e. The van der Waals surface area contributed by atoms with E-state index in [-0.39, 0.29) is 21.7 Å². The van der Waals surface area contributed by atoms with Crippen LogP contribution >= 0.6 is 0 Å². The van der Waals surface area contributed by atoms with Crippen LogP contribution in [0.25, 0.3) is 44.5 Å². The van der Waals surface area contributed by atoms with Gasteiger partial charge in [-0.25, -0.2) is 0 Å². The normalized spacial score (nSPS) is 16.6. The van der Waals surface area contributed by atoms with Crippen LogP contribution in [0.15, 0.2) is 164 Å². The van der Waals surface area contributed by atoms with Crippen molar-refractivity contribution >= 4 is 17.1 Å². The van der Waals surface area contributed by atoms with Gasteiger partial charge in [-0.05, 0) is 137 Å². The first kappa shape index (κ1) is 35.1. The van der Waals surface area contributed by atoms with Crippen LogP contribution in [0.5, 0.6) is 0 Å². The van der Waals surface area contributed by atoms with E-state index in [0.29, 0.717) is 0 Å². The van der Waals surface area contributed by atoms with E-state index in [1.807, 2.05) is 0 Å². The lowest BCUT2D eigenvalue weighted by atomic mass is 9.55. The molecule has 0 heterocycles. The van der Waals surface area contributed by atoms with Crippen molar-refractivity contribution in [1.82, 2.24) is 0 Å². The number of para-hydroxylation sites is 1. The Labute approximate surface area is 328 Å². The first-order valence-corrected chi connectivity index (χ1v) is 19.9. The van der Waals surface area contributed by atoms with Crippen LogP contribution in [0.2, 0.25) is 0 Å². The lowest BCUT2D eigenvalue weighted by Gasteiger charge is -2.48. The second kappa shape index (κ2) is 12.4. The summed E-state index contributed by atoms with van der Waals surface area (Å²) in [7, 11) is 0. The second-order valence-corrected chi connectivity index (χ2v) is 17.9. The predicted octanol–water partition coefficient (Wildman–Crippen LogP) is 15.0. The monoisotopic (exact) mass is 713 g/mol. The van der Waals surface area contributed by atoms with Crippen molar-refractivity contribution in [2.24, 2.45) is 0 Å². The number of anilines is 3. The summed E-state index contributed by atoms with van der Waals surface area (Å²) in [6.45, 7) is 19.2. The molecule has 0 bridgehead atoms. The van der Waals surface area contributed by atoms with Crippen molar-refractivity contribution in [3.05, 3.63) is 186 Å². The summed E-state index contributed by atoms with van der Waals surface area (Å²) in [5.74, 6) is 0. The molecule has 9 rings (SSSR count). The van der Waals surface area contributed by atoms with Crippen molar-refractivity contribution in [1.29, 1.82) is 0 Å². The molecule has 0 aliphatic heterocycles. The SMILES string of the molecule is CC1(C)c2ccccc2-c2cc(N(c3ccccc3)c3cccc(-c4ccc5c(c4)-c4cc(-c6ccccc6)ccc4C(C)(C)C5(C)C)c3)ccc2C1(C)C. The lowest BCUT2D eigenvalue weighted by molar-refractivity contribution is 0.299. The summed E-state index contributed by atoms with van der Waals surface area (Å²) in [5.41, 5.74) is 19.2. The van der Waals surface area contributed by atoms with Gasteiger partial charge in [0, 0.05) is 17.1 Å². The van der Waals surface area contributed by atoms with Crippen LogP contribution < -0.4 is 4.90 Å². The zero-order valence-corrected chi connectivity index (χ0v) is 33.5. The van der Waals surface area contributed by atoms with Gasteiger partial charge in [-0.3, -0.25) is 0 Å². The third-order valence-corrected chi connectivity index (χ3v) is 14.2. The molecule has 0 saturated carbocycles. The van der Waals surface area contributed by atoms with Gasteiger partial charge in [-0.1, -0.05) is 171 Å². The average molecular weight is 714 g/mol. The summed E-state index contributed by atoms with van der Waals surface area (Å²) in [6.07, 6.45) is 0. The van der Waals surface area contributed by atoms with Gasteiger partial charge < -0.3 is 4.90 Å². The van der Waals surface area contributed by atoms with E-state index in [4.69, 9.17) is 0 Å². The molecule has 55 heavy (non-hydrogen) atoms. The Morgan fingerprint density at radius 2 is 0.673 bits per heavy atom. The number of hydrogen-bond acceptors (Lipinski definition) is 1. The van der Waals surface area contributed by atoms with Gasteiger partial charge in [0.15, 0.2) is 0 Å². The molecular formula is C54H51N. The topological polar surface area (TPSA) is 3.24 Å². The molecular weight excluding hydrogens is 663 g/mol. The molecule has 7 aromatic rings. The number of hydrogen-bond donors (Lipinski definition) is 0. The molecule has 7 aromatic carbocycles. The summed E-state index contributed by atoms with van der Waals surface area (Å²) < 4.78 is 0. The van der Waals surface area contributed by atoms with Gasteiger partial charge in [0.2, 0.25) is 0 Å². The van der Waals surface area contributed by atoms with E-state index < -0.39 is 0 Å².